The van der Waals surface area contributed by atoms with Crippen molar-refractivity contribution in [1.29, 1.82) is 0 Å². The molecule has 0 saturated carbocycles. The van der Waals surface area contributed by atoms with Crippen molar-refractivity contribution in [3.05, 3.63) is 24.6 Å². The van der Waals surface area contributed by atoms with E-state index in [0.29, 0.717) is 5.92 Å². The lowest BCUT2D eigenvalue weighted by atomic mass is 10.3. The first-order valence-electron chi connectivity index (χ1n) is 4.27. The van der Waals surface area contributed by atoms with E-state index in [1.165, 1.54) is 0 Å². The number of nitrogens with zero attached hydrogens (tertiary/aromatic N) is 2. The van der Waals surface area contributed by atoms with Crippen LogP contribution < -0.4 is 5.43 Å². The minimum Gasteiger partial charge on any atom is -0.282 e. The van der Waals surface area contributed by atoms with E-state index in [-0.39, 0.29) is 0 Å². The lowest BCUT2D eigenvalue weighted by Gasteiger charge is -1.97. The Morgan fingerprint density at radius 1 is 1.46 bits per heavy atom. The second kappa shape index (κ2) is 7.28. The number of rotatable bonds is 5. The van der Waals surface area contributed by atoms with Gasteiger partial charge in [-0.15, -0.1) is 0 Å². The highest BCUT2D eigenvalue weighted by atomic mass is 15.3. The average molecular weight is 179 g/mol. The molecule has 0 aromatic rings. The quantitative estimate of drug-likeness (QED) is 0.510. The zero-order valence-electron chi connectivity index (χ0n) is 8.49. The van der Waals surface area contributed by atoms with Crippen LogP contribution in [-0.4, -0.2) is 12.4 Å². The molecule has 0 unspecified atom stereocenters. The van der Waals surface area contributed by atoms with Crippen molar-refractivity contribution < 1.29 is 0 Å². The molecule has 1 N–H and O–H groups in total. The lowest BCUT2D eigenvalue weighted by Crippen LogP contribution is -2.03. The van der Waals surface area contributed by atoms with Gasteiger partial charge in [0.1, 0.15) is 0 Å². The SMILES string of the molecule is C=C/C=N/C=C(/C)N/N=C/C(C)C. The van der Waals surface area contributed by atoms with Crippen molar-refractivity contribution in [2.75, 3.05) is 0 Å². The molecule has 3 nitrogen and oxygen atoms in total. The molecule has 0 atom stereocenters. The van der Waals surface area contributed by atoms with Crippen molar-refractivity contribution >= 4 is 12.4 Å². The van der Waals surface area contributed by atoms with Crippen LogP contribution in [0, 0.1) is 5.92 Å². The largest absolute Gasteiger partial charge is 0.282 e. The Labute approximate surface area is 80.0 Å². The zero-order valence-corrected chi connectivity index (χ0v) is 8.49. The Kier molecular flexibility index (Phi) is 6.51. The smallest absolute Gasteiger partial charge is 0.0487 e. The van der Waals surface area contributed by atoms with Crippen LogP contribution in [0.15, 0.2) is 34.6 Å². The summed E-state index contributed by atoms with van der Waals surface area (Å²) >= 11 is 0. The molecule has 0 aromatic carbocycles. The number of aliphatic imine (C=N–C) groups is 1. The first-order chi connectivity index (χ1) is 6.16. The molecule has 0 aliphatic rings. The number of nitrogens with one attached hydrogen (secondary N) is 1. The van der Waals surface area contributed by atoms with Gasteiger partial charge in [-0.05, 0) is 12.8 Å². The fraction of sp³-hybridized carbons (Fsp3) is 0.400. The van der Waals surface area contributed by atoms with Gasteiger partial charge in [-0.1, -0.05) is 26.5 Å². The average Bonchev–Trinajstić information content (AvgIpc) is 2.04. The van der Waals surface area contributed by atoms with E-state index in [0.717, 1.165) is 5.70 Å². The van der Waals surface area contributed by atoms with Gasteiger partial charge in [0.25, 0.3) is 0 Å². The van der Waals surface area contributed by atoms with Crippen LogP contribution in [0.25, 0.3) is 0 Å². The van der Waals surface area contributed by atoms with Crippen LogP contribution in [0.1, 0.15) is 20.8 Å². The summed E-state index contributed by atoms with van der Waals surface area (Å²) in [6.45, 7) is 9.55. The fourth-order valence-electron chi connectivity index (χ4n) is 0.533. The molecule has 13 heavy (non-hydrogen) atoms. The van der Waals surface area contributed by atoms with E-state index in [4.69, 9.17) is 0 Å². The molecule has 0 saturated heterocycles. The van der Waals surface area contributed by atoms with Crippen LogP contribution >= 0.6 is 0 Å². The van der Waals surface area contributed by atoms with Crippen LogP contribution in [-0.2, 0) is 0 Å². The van der Waals surface area contributed by atoms with E-state index in [2.05, 4.69) is 35.9 Å². The Hall–Kier alpha value is -1.38. The molecule has 0 heterocycles. The molecular weight excluding hydrogens is 162 g/mol. The zero-order chi connectivity index (χ0) is 10.1. The predicted molar refractivity (Wildman–Crippen MR) is 58.9 cm³/mol. The van der Waals surface area contributed by atoms with E-state index < -0.39 is 0 Å². The minimum atomic E-state index is 0.456. The van der Waals surface area contributed by atoms with Crippen LogP contribution in [0.3, 0.4) is 0 Å². The van der Waals surface area contributed by atoms with Gasteiger partial charge in [-0.25, -0.2) is 0 Å². The Bertz CT molecular complexity index is 224. The molecule has 0 rings (SSSR count). The molecule has 0 amide bonds. The van der Waals surface area contributed by atoms with Gasteiger partial charge < -0.3 is 0 Å². The first kappa shape index (κ1) is 11.6. The third-order valence-electron chi connectivity index (χ3n) is 1.07. The molecule has 0 bridgehead atoms. The third-order valence-corrected chi connectivity index (χ3v) is 1.07. The standard InChI is InChI=1S/C10H17N3/c1-5-6-11-8-10(4)13-12-7-9(2)3/h5-9,13H,1H2,2-4H3/b10-8-,11-6+,12-7+. The molecule has 72 valence electrons. The Balaban J connectivity index is 3.85. The molecule has 0 spiro atoms. The van der Waals surface area contributed by atoms with Crippen molar-refractivity contribution in [3.63, 3.8) is 0 Å². The molecule has 0 aliphatic carbocycles. The topological polar surface area (TPSA) is 36.8 Å². The fourth-order valence-corrected chi connectivity index (χ4v) is 0.533. The molecule has 0 aliphatic heterocycles. The minimum absolute atomic E-state index is 0.456. The molecule has 0 radical (unpaired) electrons. The van der Waals surface area contributed by atoms with Gasteiger partial charge in [-0.3, -0.25) is 10.4 Å². The lowest BCUT2D eigenvalue weighted by molar-refractivity contribution is 0.841. The maximum atomic E-state index is 4.01. The summed E-state index contributed by atoms with van der Waals surface area (Å²) in [7, 11) is 0. The maximum absolute atomic E-state index is 4.01. The molecule has 0 fully saturated rings. The third kappa shape index (κ3) is 8.53. The van der Waals surface area contributed by atoms with E-state index in [1.54, 1.807) is 18.5 Å². The Morgan fingerprint density at radius 3 is 2.69 bits per heavy atom. The summed E-state index contributed by atoms with van der Waals surface area (Å²) < 4.78 is 0. The summed E-state index contributed by atoms with van der Waals surface area (Å²) in [4.78, 5) is 3.95. The van der Waals surface area contributed by atoms with Gasteiger partial charge in [0, 0.05) is 24.3 Å². The normalized spacial score (nSPS) is 13.1. The van der Waals surface area contributed by atoms with Crippen molar-refractivity contribution in [1.82, 2.24) is 5.43 Å². The Morgan fingerprint density at radius 2 is 2.15 bits per heavy atom. The molecule has 3 heteroatoms. The van der Waals surface area contributed by atoms with Crippen molar-refractivity contribution in [3.8, 4) is 0 Å². The highest BCUT2D eigenvalue weighted by molar-refractivity contribution is 5.70. The van der Waals surface area contributed by atoms with Gasteiger partial charge in [0.05, 0.1) is 0 Å². The van der Waals surface area contributed by atoms with E-state index in [1.807, 2.05) is 13.1 Å². The number of hydrogen-bond donors (Lipinski definition) is 1. The predicted octanol–water partition coefficient (Wildman–Crippen LogP) is 2.34. The van der Waals surface area contributed by atoms with E-state index in [9.17, 15) is 0 Å². The number of hydrazone groups is 1. The van der Waals surface area contributed by atoms with Crippen molar-refractivity contribution in [2.24, 2.45) is 16.0 Å². The van der Waals surface area contributed by atoms with Gasteiger partial charge in [0.15, 0.2) is 0 Å². The molecule has 0 aromatic heterocycles. The molecular formula is C10H17N3. The maximum Gasteiger partial charge on any atom is 0.0487 e. The summed E-state index contributed by atoms with van der Waals surface area (Å²) in [5.41, 5.74) is 3.75. The van der Waals surface area contributed by atoms with Gasteiger partial charge in [-0.2, -0.15) is 5.10 Å². The first-order valence-corrected chi connectivity index (χ1v) is 4.27. The van der Waals surface area contributed by atoms with Gasteiger partial charge >= 0.3 is 0 Å². The van der Waals surface area contributed by atoms with Crippen LogP contribution in [0.4, 0.5) is 0 Å². The summed E-state index contributed by atoms with van der Waals surface area (Å²) in [6.07, 6.45) is 6.78. The van der Waals surface area contributed by atoms with Crippen molar-refractivity contribution in [2.45, 2.75) is 20.8 Å². The summed E-state index contributed by atoms with van der Waals surface area (Å²) in [6, 6.07) is 0. The van der Waals surface area contributed by atoms with Crippen LogP contribution in [0.5, 0.6) is 0 Å². The second-order valence-electron chi connectivity index (χ2n) is 2.98. The van der Waals surface area contributed by atoms with Crippen LogP contribution in [0.2, 0.25) is 0 Å². The number of hydrogen-bond acceptors (Lipinski definition) is 3. The second-order valence-corrected chi connectivity index (χ2v) is 2.98. The van der Waals surface area contributed by atoms with Gasteiger partial charge in [0.2, 0.25) is 0 Å². The highest BCUT2D eigenvalue weighted by Gasteiger charge is 1.84. The highest BCUT2D eigenvalue weighted by Crippen LogP contribution is 1.88. The van der Waals surface area contributed by atoms with E-state index >= 15 is 0 Å². The summed E-state index contributed by atoms with van der Waals surface area (Å²) in [5.74, 6) is 0.456. The summed E-state index contributed by atoms with van der Waals surface area (Å²) in [5, 5.41) is 4.01. The monoisotopic (exact) mass is 179 g/mol. The number of allylic oxidation sites excluding steroid dienone is 2.